The molecule has 0 aromatic heterocycles. The lowest BCUT2D eigenvalue weighted by Gasteiger charge is -2.20. The Bertz CT molecular complexity index is 1220. The minimum atomic E-state index is -0.490. The molecule has 0 spiro atoms. The Hall–Kier alpha value is -1.74. The fourth-order valence-electron chi connectivity index (χ4n) is 3.92. The Morgan fingerprint density at radius 2 is 0.698 bits per heavy atom. The first-order valence-electron chi connectivity index (χ1n) is 13.8. The summed E-state index contributed by atoms with van der Waals surface area (Å²) in [5.41, 5.74) is 1.90. The molecule has 6 nitrogen and oxygen atoms in total. The molecule has 9 heteroatoms. The Morgan fingerprint density at radius 3 is 0.884 bits per heavy atom. The van der Waals surface area contributed by atoms with Crippen LogP contribution < -0.4 is 14.2 Å². The highest BCUT2D eigenvalue weighted by molar-refractivity contribution is 14.1. The first kappa shape index (κ1) is 35.7. The van der Waals surface area contributed by atoms with Crippen molar-refractivity contribution in [1.82, 2.24) is 0 Å². The Morgan fingerprint density at radius 1 is 0.488 bits per heavy atom. The van der Waals surface area contributed by atoms with E-state index in [1.165, 1.54) is 0 Å². The van der Waals surface area contributed by atoms with E-state index >= 15 is 0 Å². The van der Waals surface area contributed by atoms with Crippen molar-refractivity contribution in [2.24, 2.45) is 5.92 Å². The molecule has 0 radical (unpaired) electrons. The van der Waals surface area contributed by atoms with Gasteiger partial charge >= 0.3 is 0 Å². The van der Waals surface area contributed by atoms with Crippen LogP contribution in [-0.2, 0) is 0 Å². The molecular formula is C34H37I3O6. The van der Waals surface area contributed by atoms with Gasteiger partial charge in [0.2, 0.25) is 0 Å². The highest BCUT2D eigenvalue weighted by atomic mass is 127. The van der Waals surface area contributed by atoms with Gasteiger partial charge in [-0.25, -0.2) is 0 Å². The lowest BCUT2D eigenvalue weighted by atomic mass is 10.0. The zero-order valence-electron chi connectivity index (χ0n) is 25.2. The summed E-state index contributed by atoms with van der Waals surface area (Å²) in [7, 11) is 0. The van der Waals surface area contributed by atoms with Gasteiger partial charge in [0.25, 0.3) is 0 Å². The van der Waals surface area contributed by atoms with Crippen molar-refractivity contribution >= 4 is 85.1 Å². The number of benzene rings is 3. The highest BCUT2D eigenvalue weighted by Crippen LogP contribution is 2.27. The van der Waals surface area contributed by atoms with E-state index in [1.807, 2.05) is 41.5 Å². The summed E-state index contributed by atoms with van der Waals surface area (Å²) >= 11 is 6.42. The number of hydrogen-bond acceptors (Lipinski definition) is 6. The third kappa shape index (κ3) is 11.0. The van der Waals surface area contributed by atoms with Crippen LogP contribution in [0.5, 0.6) is 17.2 Å². The molecule has 43 heavy (non-hydrogen) atoms. The Kier molecular flexibility index (Phi) is 12.5. The molecule has 0 fully saturated rings. The molecule has 3 rings (SSSR count). The third-order valence-electron chi connectivity index (χ3n) is 6.43. The average Bonchev–Trinajstić information content (AvgIpc) is 2.95. The highest BCUT2D eigenvalue weighted by Gasteiger charge is 2.26. The second-order valence-corrected chi connectivity index (χ2v) is 19.9. The molecule has 230 valence electrons. The van der Waals surface area contributed by atoms with Crippen LogP contribution in [0.25, 0.3) is 0 Å². The minimum Gasteiger partial charge on any atom is -0.493 e. The molecular weight excluding hydrogens is 885 g/mol. The summed E-state index contributed by atoms with van der Waals surface area (Å²) in [4.78, 5) is 37.7. The molecule has 0 amide bonds. The molecule has 0 saturated heterocycles. The molecule has 0 N–H and O–H groups in total. The summed E-state index contributed by atoms with van der Waals surface area (Å²) in [6.45, 7) is 12.2. The maximum absolute atomic E-state index is 12.6. The van der Waals surface area contributed by atoms with E-state index in [2.05, 4.69) is 67.8 Å². The van der Waals surface area contributed by atoms with Crippen molar-refractivity contribution in [3.05, 3.63) is 89.5 Å². The molecule has 3 aromatic carbocycles. The normalized spacial score (nSPS) is 12.1. The Balaban J connectivity index is 1.68. The zero-order chi connectivity index (χ0) is 32.0. The molecule has 3 aromatic rings. The molecule has 0 aliphatic heterocycles. The van der Waals surface area contributed by atoms with Crippen molar-refractivity contribution in [3.8, 4) is 17.2 Å². The predicted molar refractivity (Wildman–Crippen MR) is 197 cm³/mol. The maximum Gasteiger partial charge on any atom is 0.178 e. The smallest absolute Gasteiger partial charge is 0.178 e. The molecule has 0 atom stereocenters. The van der Waals surface area contributed by atoms with E-state index in [0.29, 0.717) is 53.8 Å². The first-order chi connectivity index (χ1) is 19.9. The predicted octanol–water partition coefficient (Wildman–Crippen LogP) is 9.03. The van der Waals surface area contributed by atoms with Gasteiger partial charge in [-0.05, 0) is 114 Å². The van der Waals surface area contributed by atoms with E-state index in [-0.39, 0.29) is 23.3 Å². The number of ether oxygens (including phenoxy) is 3. The fourth-order valence-corrected chi connectivity index (χ4v) is 4.86. The van der Waals surface area contributed by atoms with Gasteiger partial charge in [-0.3, -0.25) is 14.4 Å². The average molecular weight is 922 g/mol. The van der Waals surface area contributed by atoms with Crippen molar-refractivity contribution < 1.29 is 28.6 Å². The van der Waals surface area contributed by atoms with E-state index in [9.17, 15) is 14.4 Å². The van der Waals surface area contributed by atoms with Crippen molar-refractivity contribution in [3.63, 3.8) is 0 Å². The fraction of sp³-hybridized carbons (Fsp3) is 0.382. The summed E-state index contributed by atoms with van der Waals surface area (Å²) in [6, 6.07) is 21.4. The second-order valence-electron chi connectivity index (χ2n) is 11.8. The van der Waals surface area contributed by atoms with Crippen molar-refractivity contribution in [1.29, 1.82) is 0 Å². The SMILES string of the molecule is CC(C)(I)C(=O)c1ccc(OCC(COc2ccc(C(=O)C(C)(C)I)cc2)COc2ccc(C(=O)C(C)(C)I)cc2)cc1. The molecule has 0 unspecified atom stereocenters. The number of ketones is 3. The zero-order valence-corrected chi connectivity index (χ0v) is 31.7. The molecule has 0 bridgehead atoms. The first-order valence-corrected chi connectivity index (χ1v) is 17.1. The number of carbonyl (C=O) groups excluding carboxylic acids is 3. The lowest BCUT2D eigenvalue weighted by Crippen LogP contribution is -2.26. The van der Waals surface area contributed by atoms with Gasteiger partial charge in [-0.1, -0.05) is 67.8 Å². The number of carbonyl (C=O) groups is 3. The van der Waals surface area contributed by atoms with Gasteiger partial charge in [0.15, 0.2) is 17.3 Å². The van der Waals surface area contributed by atoms with Gasteiger partial charge in [-0.15, -0.1) is 0 Å². The van der Waals surface area contributed by atoms with Crippen LogP contribution >= 0.6 is 67.8 Å². The number of alkyl halides is 3. The van der Waals surface area contributed by atoms with E-state index in [0.717, 1.165) is 0 Å². The summed E-state index contributed by atoms with van der Waals surface area (Å²) in [6.07, 6.45) is 0. The van der Waals surface area contributed by atoms with Crippen molar-refractivity contribution in [2.45, 2.75) is 51.8 Å². The van der Waals surface area contributed by atoms with E-state index in [4.69, 9.17) is 14.2 Å². The van der Waals surface area contributed by atoms with Gasteiger partial charge in [0.05, 0.1) is 36.0 Å². The van der Waals surface area contributed by atoms with Crippen LogP contribution in [0, 0.1) is 5.92 Å². The lowest BCUT2D eigenvalue weighted by molar-refractivity contribution is 0.0958. The van der Waals surface area contributed by atoms with E-state index in [1.54, 1.807) is 72.8 Å². The van der Waals surface area contributed by atoms with Crippen molar-refractivity contribution in [2.75, 3.05) is 19.8 Å². The van der Waals surface area contributed by atoms with Crippen LogP contribution in [0.15, 0.2) is 72.8 Å². The second kappa shape index (κ2) is 15.0. The van der Waals surface area contributed by atoms with Crippen LogP contribution in [0.4, 0.5) is 0 Å². The number of hydrogen-bond donors (Lipinski definition) is 0. The molecule has 0 saturated carbocycles. The summed E-state index contributed by atoms with van der Waals surface area (Å²) < 4.78 is 16.8. The minimum absolute atomic E-state index is 0.0591. The number of rotatable bonds is 15. The quantitative estimate of drug-likeness (QED) is 0.0861. The number of halogens is 3. The molecule has 0 aliphatic rings. The van der Waals surface area contributed by atoms with Gasteiger partial charge in [0, 0.05) is 16.7 Å². The van der Waals surface area contributed by atoms with Gasteiger partial charge < -0.3 is 14.2 Å². The summed E-state index contributed by atoms with van der Waals surface area (Å²) in [5, 5.41) is 0. The van der Waals surface area contributed by atoms with Crippen LogP contribution in [-0.4, -0.2) is 47.4 Å². The maximum atomic E-state index is 12.6. The van der Waals surface area contributed by atoms with Crippen LogP contribution in [0.1, 0.15) is 72.6 Å². The van der Waals surface area contributed by atoms with Gasteiger partial charge in [0.1, 0.15) is 17.2 Å². The largest absolute Gasteiger partial charge is 0.493 e. The third-order valence-corrected chi connectivity index (χ3v) is 7.90. The number of Topliss-reactive ketones (excluding diaryl/α,β-unsaturated/α-hetero) is 3. The van der Waals surface area contributed by atoms with E-state index < -0.39 is 10.3 Å². The van der Waals surface area contributed by atoms with Crippen LogP contribution in [0.3, 0.4) is 0 Å². The monoisotopic (exact) mass is 922 g/mol. The molecule has 0 aliphatic carbocycles. The molecule has 0 heterocycles. The topological polar surface area (TPSA) is 78.9 Å². The Labute approximate surface area is 295 Å². The standard InChI is InChI=1S/C34H37I3O6/c1-32(2,35)29(38)23-7-13-26(14-8-23)41-19-22(20-42-27-15-9-24(10-16-27)30(39)33(3,4)36)21-43-28-17-11-25(12-18-28)31(40)34(5,6)37/h7-18,22H,19-21H2,1-6H3. The van der Waals surface area contributed by atoms with Gasteiger partial charge in [-0.2, -0.15) is 0 Å². The van der Waals surface area contributed by atoms with Crippen LogP contribution in [0.2, 0.25) is 0 Å². The summed E-state index contributed by atoms with van der Waals surface area (Å²) in [5.74, 6) is 1.94.